The largest absolute Gasteiger partial charge is 0.756 e. The van der Waals surface area contributed by atoms with Crippen molar-refractivity contribution in [2.75, 3.05) is 6.61 Å². The number of rotatable bonds is 15. The molecule has 9 nitrogen and oxygen atoms in total. The first-order valence-electron chi connectivity index (χ1n) is 14.4. The molecule has 1 fully saturated rings. The molecule has 1 unspecified atom stereocenters. The average molecular weight is 620 g/mol. The predicted molar refractivity (Wildman–Crippen MR) is 161 cm³/mol. The molecular weight excluding hydrogens is 583 g/mol. The highest BCUT2D eigenvalue weighted by atomic mass is 31.2. The lowest BCUT2D eigenvalue weighted by Crippen LogP contribution is -2.61. The van der Waals surface area contributed by atoms with E-state index in [1.54, 1.807) is 0 Å². The zero-order valence-corrected chi connectivity index (χ0v) is 25.0. The van der Waals surface area contributed by atoms with Gasteiger partial charge in [-0.25, -0.2) is 0 Å². The molecule has 4 aromatic carbocycles. The summed E-state index contributed by atoms with van der Waals surface area (Å²) in [7, 11) is -5.25. The monoisotopic (exact) mass is 619 g/mol. The van der Waals surface area contributed by atoms with Crippen LogP contribution in [-0.2, 0) is 59.2 Å². The third-order valence-corrected chi connectivity index (χ3v) is 7.55. The Morgan fingerprint density at radius 3 is 1.41 bits per heavy atom. The fourth-order valence-corrected chi connectivity index (χ4v) is 5.40. The van der Waals surface area contributed by atoms with Gasteiger partial charge in [0, 0.05) is 0 Å². The van der Waals surface area contributed by atoms with Gasteiger partial charge >= 0.3 is 0 Å². The van der Waals surface area contributed by atoms with Crippen LogP contribution in [0.3, 0.4) is 0 Å². The van der Waals surface area contributed by atoms with Crippen LogP contribution in [0.15, 0.2) is 121 Å². The van der Waals surface area contributed by atoms with Crippen LogP contribution >= 0.6 is 7.82 Å². The maximum atomic E-state index is 12.0. The SMILES string of the molecule is O=P([O-])(O)O[C@@H]1O[C@H](COCc2ccccc2)[C@@H](OCc2ccccc2)[C@H](OCc2ccccc2)[C@H]1OCc1ccccc1. The minimum absolute atomic E-state index is 0.0272. The van der Waals surface area contributed by atoms with E-state index in [0.29, 0.717) is 6.61 Å². The molecule has 1 N–H and O–H groups in total. The summed E-state index contributed by atoms with van der Waals surface area (Å²) in [5.41, 5.74) is 3.63. The molecule has 44 heavy (non-hydrogen) atoms. The van der Waals surface area contributed by atoms with Gasteiger partial charge < -0.3 is 33.5 Å². The molecule has 0 aromatic heterocycles. The molecule has 0 amide bonds. The first-order valence-corrected chi connectivity index (χ1v) is 15.9. The second-order valence-electron chi connectivity index (χ2n) is 10.4. The maximum absolute atomic E-state index is 12.0. The van der Waals surface area contributed by atoms with Crippen LogP contribution in [0.25, 0.3) is 0 Å². The van der Waals surface area contributed by atoms with Crippen LogP contribution in [0.2, 0.25) is 0 Å². The van der Waals surface area contributed by atoms with Crippen LogP contribution < -0.4 is 4.89 Å². The number of phosphoric ester groups is 1. The Balaban J connectivity index is 1.44. The van der Waals surface area contributed by atoms with Gasteiger partial charge in [-0.1, -0.05) is 121 Å². The number of hydrogen-bond donors (Lipinski definition) is 1. The lowest BCUT2D eigenvalue weighted by atomic mass is 9.98. The summed E-state index contributed by atoms with van der Waals surface area (Å²) in [6.07, 6.45) is -5.11. The van der Waals surface area contributed by atoms with E-state index in [1.807, 2.05) is 121 Å². The predicted octanol–water partition coefficient (Wildman–Crippen LogP) is 5.16. The highest BCUT2D eigenvalue weighted by Crippen LogP contribution is 2.39. The Hall–Kier alpha value is -3.21. The van der Waals surface area contributed by atoms with Crippen LogP contribution in [0.1, 0.15) is 22.3 Å². The summed E-state index contributed by atoms with van der Waals surface area (Å²) in [6.45, 7) is 0.836. The molecule has 0 radical (unpaired) electrons. The molecule has 1 aliphatic rings. The molecule has 232 valence electrons. The topological polar surface area (TPSA) is 116 Å². The molecule has 1 aliphatic heterocycles. The van der Waals surface area contributed by atoms with Crippen molar-refractivity contribution >= 4 is 7.82 Å². The van der Waals surface area contributed by atoms with Crippen LogP contribution in [-0.4, -0.2) is 42.2 Å². The molecule has 5 rings (SSSR count). The van der Waals surface area contributed by atoms with Gasteiger partial charge in [0.05, 0.1) is 33.0 Å². The fourth-order valence-electron chi connectivity index (χ4n) is 4.96. The number of hydrogen-bond acceptors (Lipinski definition) is 8. The summed E-state index contributed by atoms with van der Waals surface area (Å²) in [5.74, 6) is 0. The average Bonchev–Trinajstić information content (AvgIpc) is 3.04. The van der Waals surface area contributed by atoms with Crippen LogP contribution in [0.4, 0.5) is 0 Å². The molecule has 0 saturated carbocycles. The number of benzene rings is 4. The first-order chi connectivity index (χ1) is 21.4. The Morgan fingerprint density at radius 1 is 0.591 bits per heavy atom. The summed E-state index contributed by atoms with van der Waals surface area (Å²) < 4.78 is 48.5. The fraction of sp³-hybridized carbons (Fsp3) is 0.294. The molecule has 6 atom stereocenters. The van der Waals surface area contributed by atoms with Gasteiger partial charge in [-0.2, -0.15) is 0 Å². The van der Waals surface area contributed by atoms with Gasteiger partial charge in [0.25, 0.3) is 7.82 Å². The van der Waals surface area contributed by atoms with Crippen molar-refractivity contribution in [2.45, 2.75) is 57.1 Å². The standard InChI is InChI=1S/C34H37O9P/c35-44(36,37)43-34-33(41-24-29-19-11-4-12-20-29)32(40-23-28-17-9-3-10-18-28)31(39-22-27-15-7-2-8-16-27)30(42-34)25-38-21-26-13-5-1-6-14-26/h1-20,30-34H,21-25H2,(H2,35,36,37)/p-1/t30-,31-,32+,33-,34+/m1/s1. The molecule has 1 saturated heterocycles. The van der Waals surface area contributed by atoms with E-state index in [-0.39, 0.29) is 26.4 Å². The van der Waals surface area contributed by atoms with Gasteiger partial charge in [0.2, 0.25) is 0 Å². The van der Waals surface area contributed by atoms with E-state index in [0.717, 1.165) is 22.3 Å². The lowest BCUT2D eigenvalue weighted by Gasteiger charge is -2.46. The Kier molecular flexibility index (Phi) is 11.9. The number of ether oxygens (including phenoxy) is 5. The van der Waals surface area contributed by atoms with E-state index in [4.69, 9.17) is 28.2 Å². The minimum atomic E-state index is -5.25. The second-order valence-corrected chi connectivity index (χ2v) is 11.5. The summed E-state index contributed by atoms with van der Waals surface area (Å²) in [4.78, 5) is 21.8. The third kappa shape index (κ3) is 9.90. The van der Waals surface area contributed by atoms with Crippen molar-refractivity contribution < 1.29 is 42.6 Å². The van der Waals surface area contributed by atoms with Crippen molar-refractivity contribution in [3.63, 3.8) is 0 Å². The minimum Gasteiger partial charge on any atom is -0.756 e. The molecule has 1 heterocycles. The van der Waals surface area contributed by atoms with Crippen molar-refractivity contribution in [1.29, 1.82) is 0 Å². The zero-order chi connectivity index (χ0) is 30.6. The first kappa shape index (κ1) is 32.2. The Bertz CT molecular complexity index is 1420. The van der Waals surface area contributed by atoms with Crippen molar-refractivity contribution in [3.05, 3.63) is 144 Å². The van der Waals surface area contributed by atoms with Gasteiger partial charge in [0.15, 0.2) is 6.29 Å². The second kappa shape index (κ2) is 16.2. The van der Waals surface area contributed by atoms with Crippen LogP contribution in [0, 0.1) is 0 Å². The van der Waals surface area contributed by atoms with Gasteiger partial charge in [-0.05, 0) is 22.3 Å². The van der Waals surface area contributed by atoms with E-state index in [1.165, 1.54) is 0 Å². The Labute approximate surface area is 257 Å². The van der Waals surface area contributed by atoms with Gasteiger partial charge in [0.1, 0.15) is 24.4 Å². The Morgan fingerprint density at radius 2 is 0.977 bits per heavy atom. The summed E-state index contributed by atoms with van der Waals surface area (Å²) in [6, 6.07) is 38.2. The van der Waals surface area contributed by atoms with Crippen molar-refractivity contribution in [2.24, 2.45) is 0 Å². The van der Waals surface area contributed by atoms with E-state index in [9.17, 15) is 14.4 Å². The summed E-state index contributed by atoms with van der Waals surface area (Å²) in [5, 5.41) is 0. The molecule has 0 spiro atoms. The normalized spacial score (nSPS) is 23.2. The zero-order valence-electron chi connectivity index (χ0n) is 24.1. The lowest BCUT2D eigenvalue weighted by molar-refractivity contribution is -0.326. The molecule has 0 bridgehead atoms. The van der Waals surface area contributed by atoms with Crippen LogP contribution in [0.5, 0.6) is 0 Å². The number of phosphoric acid groups is 1. The van der Waals surface area contributed by atoms with Gasteiger partial charge in [-0.3, -0.25) is 9.09 Å². The van der Waals surface area contributed by atoms with Crippen molar-refractivity contribution in [1.82, 2.24) is 0 Å². The molecule has 10 heteroatoms. The van der Waals surface area contributed by atoms with E-state index < -0.39 is 38.5 Å². The molecule has 0 aliphatic carbocycles. The van der Waals surface area contributed by atoms with Gasteiger partial charge in [-0.15, -0.1) is 0 Å². The third-order valence-electron chi connectivity index (χ3n) is 7.08. The maximum Gasteiger partial charge on any atom is 0.267 e. The highest BCUT2D eigenvalue weighted by Gasteiger charge is 2.50. The highest BCUT2D eigenvalue weighted by molar-refractivity contribution is 7.44. The smallest absolute Gasteiger partial charge is 0.267 e. The molecular formula is C34H36O9P-. The van der Waals surface area contributed by atoms with E-state index >= 15 is 0 Å². The van der Waals surface area contributed by atoms with E-state index in [2.05, 4.69) is 0 Å². The van der Waals surface area contributed by atoms with Crippen molar-refractivity contribution in [3.8, 4) is 0 Å². The summed E-state index contributed by atoms with van der Waals surface area (Å²) >= 11 is 0. The quantitative estimate of drug-likeness (QED) is 0.180. The molecule has 4 aromatic rings.